The topological polar surface area (TPSA) is 47.6 Å². The molecule has 2 atom stereocenters. The molecule has 1 amide bonds. The molecule has 0 unspecified atom stereocenters. The van der Waals surface area contributed by atoms with Crippen LogP contribution in [0.25, 0.3) is 0 Å². The average molecular weight is 362 g/mol. The summed E-state index contributed by atoms with van der Waals surface area (Å²) in [6, 6.07) is 0. The normalized spacial score (nSPS) is 20.7. The Kier molecular flexibility index (Phi) is 14.0. The molecule has 0 bridgehead atoms. The minimum atomic E-state index is -0.238. The molecule has 4 heteroatoms. The second-order valence-corrected chi connectivity index (χ2v) is 5.16. The van der Waals surface area contributed by atoms with Crippen LogP contribution >= 0.6 is 0 Å². The van der Waals surface area contributed by atoms with Crippen LogP contribution in [0.5, 0.6) is 0 Å². The number of amides is 1. The van der Waals surface area contributed by atoms with Crippen molar-refractivity contribution >= 4 is 5.91 Å². The predicted octanol–water partition coefficient (Wildman–Crippen LogP) is 4.86. The van der Waals surface area contributed by atoms with Gasteiger partial charge in [-0.2, -0.15) is 0 Å². The Morgan fingerprint density at radius 3 is 2.58 bits per heavy atom. The van der Waals surface area contributed by atoms with E-state index in [9.17, 15) is 4.79 Å². The number of morpholine rings is 1. The fraction of sp³-hybridized carbons (Fsp3) is 0.500. The molecule has 0 aromatic heterocycles. The van der Waals surface area contributed by atoms with E-state index in [4.69, 9.17) is 9.47 Å². The highest BCUT2D eigenvalue weighted by atomic mass is 16.5. The highest BCUT2D eigenvalue weighted by molar-refractivity contribution is 5.77. The zero-order valence-corrected chi connectivity index (χ0v) is 17.0. The molecule has 2 aliphatic rings. The van der Waals surface area contributed by atoms with Crippen LogP contribution in [0.2, 0.25) is 0 Å². The van der Waals surface area contributed by atoms with E-state index in [0.29, 0.717) is 6.54 Å². The lowest BCUT2D eigenvalue weighted by Crippen LogP contribution is -2.49. The van der Waals surface area contributed by atoms with Gasteiger partial charge in [-0.05, 0) is 37.5 Å². The van der Waals surface area contributed by atoms with Gasteiger partial charge in [0.2, 0.25) is 5.91 Å². The maximum absolute atomic E-state index is 11.3. The van der Waals surface area contributed by atoms with E-state index in [1.165, 1.54) is 0 Å². The summed E-state index contributed by atoms with van der Waals surface area (Å²) >= 11 is 0. The molecule has 26 heavy (non-hydrogen) atoms. The van der Waals surface area contributed by atoms with Gasteiger partial charge in [-0.25, -0.2) is 0 Å². The van der Waals surface area contributed by atoms with Gasteiger partial charge in [0.15, 0.2) is 6.10 Å². The van der Waals surface area contributed by atoms with Crippen LogP contribution in [0.3, 0.4) is 0 Å². The minimum Gasteiger partial charge on any atom is -0.483 e. The van der Waals surface area contributed by atoms with Crippen LogP contribution in [0.4, 0.5) is 0 Å². The number of carbonyl (C=O) groups excluding carboxylic acids is 1. The first-order chi connectivity index (χ1) is 12.7. The summed E-state index contributed by atoms with van der Waals surface area (Å²) in [5, 5.41) is 2.84. The highest BCUT2D eigenvalue weighted by Gasteiger charge is 2.31. The predicted molar refractivity (Wildman–Crippen MR) is 110 cm³/mol. The van der Waals surface area contributed by atoms with E-state index in [-0.39, 0.29) is 24.7 Å². The third-order valence-electron chi connectivity index (χ3n) is 3.56. The lowest BCUT2D eigenvalue weighted by Gasteiger charge is -2.32. The van der Waals surface area contributed by atoms with Gasteiger partial charge in [0.05, 0.1) is 0 Å². The Labute approximate surface area is 159 Å². The van der Waals surface area contributed by atoms with Gasteiger partial charge in [0.25, 0.3) is 0 Å². The maximum atomic E-state index is 11.3. The molecule has 146 valence electrons. The molecule has 0 aromatic carbocycles. The quantitative estimate of drug-likeness (QED) is 0.543. The van der Waals surface area contributed by atoms with Crippen molar-refractivity contribution in [1.29, 1.82) is 0 Å². The van der Waals surface area contributed by atoms with Crippen molar-refractivity contribution in [1.82, 2.24) is 5.32 Å². The summed E-state index contributed by atoms with van der Waals surface area (Å²) in [6.45, 7) is 14.1. The molecule has 1 fully saturated rings. The summed E-state index contributed by atoms with van der Waals surface area (Å²) in [7, 11) is 0. The Hall–Kier alpha value is -2.07. The van der Waals surface area contributed by atoms with Crippen LogP contribution in [-0.2, 0) is 14.3 Å². The maximum Gasteiger partial charge on any atom is 0.246 e. The molecule has 1 N–H and O–H groups in total. The zero-order valence-electron chi connectivity index (χ0n) is 17.0. The van der Waals surface area contributed by atoms with Gasteiger partial charge in [0.1, 0.15) is 18.5 Å². The number of hydrogen-bond acceptors (Lipinski definition) is 3. The van der Waals surface area contributed by atoms with Crippen molar-refractivity contribution in [2.75, 3.05) is 13.2 Å². The van der Waals surface area contributed by atoms with Gasteiger partial charge in [-0.15, -0.1) is 0 Å². The molecule has 0 spiro atoms. The lowest BCUT2D eigenvalue weighted by atomic mass is 9.97. The fourth-order valence-electron chi connectivity index (χ4n) is 2.42. The first kappa shape index (κ1) is 23.9. The fourth-order valence-corrected chi connectivity index (χ4v) is 2.42. The smallest absolute Gasteiger partial charge is 0.246 e. The summed E-state index contributed by atoms with van der Waals surface area (Å²) in [5.41, 5.74) is 1.10. The first-order valence-electron chi connectivity index (χ1n) is 9.61. The molecule has 1 heterocycles. The Balaban J connectivity index is 0.00000146. The molecule has 0 radical (unpaired) electrons. The molecule has 0 saturated carbocycles. The van der Waals surface area contributed by atoms with E-state index in [1.54, 1.807) is 6.08 Å². The molecular weight excluding hydrogens is 326 g/mol. The number of nitrogens with one attached hydrogen (secondary N) is 1. The summed E-state index contributed by atoms with van der Waals surface area (Å²) in [4.78, 5) is 11.3. The van der Waals surface area contributed by atoms with Crippen LogP contribution in [0, 0.1) is 0 Å². The molecule has 1 saturated heterocycles. The van der Waals surface area contributed by atoms with Crippen molar-refractivity contribution in [2.45, 2.75) is 59.7 Å². The molecule has 4 nitrogen and oxygen atoms in total. The third kappa shape index (κ3) is 8.34. The van der Waals surface area contributed by atoms with Crippen molar-refractivity contribution in [3.63, 3.8) is 0 Å². The van der Waals surface area contributed by atoms with Gasteiger partial charge >= 0.3 is 0 Å². The van der Waals surface area contributed by atoms with E-state index in [0.717, 1.165) is 24.2 Å². The molecule has 2 rings (SSSR count). The summed E-state index contributed by atoms with van der Waals surface area (Å²) in [6.07, 6.45) is 15.3. The van der Waals surface area contributed by atoms with E-state index < -0.39 is 0 Å². The van der Waals surface area contributed by atoms with Crippen molar-refractivity contribution in [2.24, 2.45) is 0 Å². The molecule has 1 aliphatic heterocycles. The van der Waals surface area contributed by atoms with Crippen LogP contribution < -0.4 is 5.32 Å². The van der Waals surface area contributed by atoms with Gasteiger partial charge in [0, 0.05) is 6.54 Å². The van der Waals surface area contributed by atoms with Gasteiger partial charge in [-0.1, -0.05) is 64.7 Å². The number of carbonyl (C=O) groups is 1. The number of hydrogen-bond donors (Lipinski definition) is 1. The van der Waals surface area contributed by atoms with Crippen molar-refractivity contribution in [3.8, 4) is 0 Å². The summed E-state index contributed by atoms with van der Waals surface area (Å²) in [5.74, 6) is 0.672. The number of allylic oxidation sites excluding steroid dienone is 6. The van der Waals surface area contributed by atoms with Crippen LogP contribution in [0.15, 0.2) is 60.4 Å². The van der Waals surface area contributed by atoms with Gasteiger partial charge < -0.3 is 14.8 Å². The van der Waals surface area contributed by atoms with Crippen LogP contribution in [-0.4, -0.2) is 31.3 Å². The van der Waals surface area contributed by atoms with E-state index in [1.807, 2.05) is 52.8 Å². The second-order valence-electron chi connectivity index (χ2n) is 5.16. The highest BCUT2D eigenvalue weighted by Crippen LogP contribution is 2.24. The Morgan fingerprint density at radius 2 is 2.08 bits per heavy atom. The lowest BCUT2D eigenvalue weighted by molar-refractivity contribution is -0.137. The standard InChI is InChI=1S/C18H23NO3.2C2H6/c1-3-5-11-15(4-2)22-18(14-9-7-6-8-10-14)16-12-19-17(20)13-21-16;2*1-2/h3-5,7,9-11,16,18H,1,6,8,12-13H2,2H3,(H,19,20);2*1-2H3/b11-5-,15-4+;;/t16-,18-;;/m0../s1. The largest absolute Gasteiger partial charge is 0.483 e. The number of ether oxygens (including phenoxy) is 2. The SMILES string of the molecule is C=C/C=C\C(=C/C)O[C@@H](C1=CCCC=C1)[C@@H]1CNC(=O)CO1.CC.CC. The summed E-state index contributed by atoms with van der Waals surface area (Å²) < 4.78 is 11.8. The zero-order chi connectivity index (χ0) is 19.8. The molecule has 0 aromatic rings. The minimum absolute atomic E-state index is 0.0786. The monoisotopic (exact) mass is 361 g/mol. The van der Waals surface area contributed by atoms with Gasteiger partial charge in [-0.3, -0.25) is 4.79 Å². The van der Waals surface area contributed by atoms with Crippen LogP contribution in [0.1, 0.15) is 47.5 Å². The molecular formula is C22H35NO3. The van der Waals surface area contributed by atoms with E-state index in [2.05, 4.69) is 30.1 Å². The second kappa shape index (κ2) is 15.2. The average Bonchev–Trinajstić information content (AvgIpc) is 2.73. The third-order valence-corrected chi connectivity index (χ3v) is 3.56. The van der Waals surface area contributed by atoms with E-state index >= 15 is 0 Å². The number of rotatable bonds is 6. The first-order valence-corrected chi connectivity index (χ1v) is 9.61. The Morgan fingerprint density at radius 1 is 1.35 bits per heavy atom. The van der Waals surface area contributed by atoms with Crippen molar-refractivity contribution in [3.05, 3.63) is 60.4 Å². The molecule has 1 aliphatic carbocycles. The Bertz CT molecular complexity index is 520. The van der Waals surface area contributed by atoms with Crippen molar-refractivity contribution < 1.29 is 14.3 Å².